The maximum atomic E-state index is 7.79. The van der Waals surface area contributed by atoms with Gasteiger partial charge in [0, 0.05) is 0 Å². The Morgan fingerprint density at radius 3 is 0.465 bits per heavy atom. The van der Waals surface area contributed by atoms with Crippen molar-refractivity contribution in [3.8, 4) is 46.0 Å². The van der Waals surface area contributed by atoms with Gasteiger partial charge in [0.05, 0.1) is 0 Å². The van der Waals surface area contributed by atoms with Crippen LogP contribution < -0.4 is 36.2 Å². The van der Waals surface area contributed by atoms with Crippen molar-refractivity contribution < 1.29 is 54.3 Å². The molecule has 36 heteroatoms. The van der Waals surface area contributed by atoms with Crippen LogP contribution in [0.2, 0.25) is 80.4 Å². The zero-order valence-electron chi connectivity index (χ0n) is 48.4. The molecule has 0 atom stereocenters. The number of hydrogen-bond acceptors (Lipinski definition) is 16. The van der Waals surface area contributed by atoms with E-state index in [1.807, 2.05) is 111 Å². The zero-order valence-corrected chi connectivity index (χ0v) is 64.0. The molecular formula is C50H56Cl16N4O12P4. The molecule has 480 valence electrons. The molecule has 4 aromatic carbocycles. The van der Waals surface area contributed by atoms with Crippen LogP contribution in [0.25, 0.3) is 0 Å². The predicted molar refractivity (Wildman–Crippen MR) is 356 cm³/mol. The van der Waals surface area contributed by atoms with Crippen LogP contribution in [0, 0.1) is 10.8 Å². The van der Waals surface area contributed by atoms with Gasteiger partial charge >= 0.3 is 585 Å². The Morgan fingerprint density at radius 2 is 0.360 bits per heavy atom. The summed E-state index contributed by atoms with van der Waals surface area (Å²) in [5.41, 5.74) is -7.89. The van der Waals surface area contributed by atoms with E-state index in [-0.39, 0.29) is 153 Å². The zero-order chi connectivity index (χ0) is 64.3. The van der Waals surface area contributed by atoms with E-state index in [4.69, 9.17) is 240 Å². The summed E-state index contributed by atoms with van der Waals surface area (Å²) < 4.78 is 98.1. The molecule has 0 aliphatic carbocycles. The average molecular weight is 1600 g/mol. The third-order valence-corrected chi connectivity index (χ3v) is 44.7. The molecule has 4 spiro atoms. The van der Waals surface area contributed by atoms with E-state index in [9.17, 15) is 0 Å². The molecule has 14 rings (SSSR count). The van der Waals surface area contributed by atoms with Crippen molar-refractivity contribution in [1.82, 2.24) is 17.8 Å². The van der Waals surface area contributed by atoms with E-state index in [2.05, 4.69) is 0 Å². The van der Waals surface area contributed by atoms with Gasteiger partial charge < -0.3 is 0 Å². The van der Waals surface area contributed by atoms with E-state index in [0.717, 1.165) is 0 Å². The fourth-order valence-electron chi connectivity index (χ4n) is 12.1. The Hall–Kier alpha value is 1.32. The van der Waals surface area contributed by atoms with Crippen molar-refractivity contribution in [3.63, 3.8) is 0 Å². The summed E-state index contributed by atoms with van der Waals surface area (Å²) in [6.45, 7) is 27.8. The number of halogens is 16. The molecule has 10 aliphatic heterocycles. The number of fused-ring (bicyclic) bond motifs is 4. The minimum atomic E-state index is -5.79. The summed E-state index contributed by atoms with van der Waals surface area (Å²) in [7, 11) is -23.1. The molecule has 0 amide bonds. The Balaban J connectivity index is 1.25. The van der Waals surface area contributed by atoms with Gasteiger partial charge in [-0.25, -0.2) is 0 Å². The van der Waals surface area contributed by atoms with Crippen molar-refractivity contribution >= 4 is 216 Å². The van der Waals surface area contributed by atoms with Gasteiger partial charge in [0.25, 0.3) is 0 Å². The summed E-state index contributed by atoms with van der Waals surface area (Å²) in [5, 5.41) is -2.55. The fraction of sp³-hybridized carbons (Fsp3) is 0.520. The van der Waals surface area contributed by atoms with Gasteiger partial charge in [0.15, 0.2) is 0 Å². The molecule has 6 fully saturated rings. The second-order valence-electron chi connectivity index (χ2n) is 26.9. The maximum absolute atomic E-state index is 7.79. The SMILES string of the molecule is CC1(C)COP23(Oc4c(Cl)c(Cl)c(Cl)c(Cl)c4O2)N(C(C)(C)C)P2(OCC(C)(C)COP45(Oc6c(Cl)c(Cl)c(Cl)c(Cl)c6O4)N(C(C)(C)C)P4(OC1)(Oc1c(Cl)c(Cl)c(Cl)c(Cl)c1O4)N5C(C)(C)C)(Oc1c(Cl)c(Cl)c(Cl)c(Cl)c1O2)N3C(C)(C)C. The van der Waals surface area contributed by atoms with Crippen LogP contribution in [0.4, 0.5) is 0 Å². The van der Waals surface area contributed by atoms with Crippen LogP contribution in [0.15, 0.2) is 0 Å². The number of hydrogen-bond donors (Lipinski definition) is 0. The van der Waals surface area contributed by atoms with Gasteiger partial charge in [-0.2, -0.15) is 0 Å². The van der Waals surface area contributed by atoms with E-state index in [1.54, 1.807) is 17.8 Å². The summed E-state index contributed by atoms with van der Waals surface area (Å²) in [5.74, 6) is -1.13. The van der Waals surface area contributed by atoms with Crippen LogP contribution in [0.1, 0.15) is 111 Å². The number of nitrogens with zero attached hydrogens (tertiary/aromatic N) is 4. The summed E-state index contributed by atoms with van der Waals surface area (Å²) >= 11 is 113. The monoisotopic (exact) mass is 1590 g/mol. The molecule has 6 saturated heterocycles. The molecule has 10 heterocycles. The Morgan fingerprint density at radius 1 is 0.244 bits per heavy atom. The van der Waals surface area contributed by atoms with Crippen molar-refractivity contribution in [2.75, 3.05) is 26.4 Å². The van der Waals surface area contributed by atoms with E-state index in [1.165, 1.54) is 0 Å². The van der Waals surface area contributed by atoms with Crippen LogP contribution in [-0.4, -0.2) is 66.3 Å². The molecule has 0 saturated carbocycles. The van der Waals surface area contributed by atoms with E-state index in [0.29, 0.717) is 0 Å². The molecule has 0 radical (unpaired) electrons. The summed E-state index contributed by atoms with van der Waals surface area (Å²) in [6, 6.07) is 0. The molecule has 0 N–H and O–H groups in total. The Bertz CT molecular complexity index is 3120. The summed E-state index contributed by atoms with van der Waals surface area (Å²) in [4.78, 5) is 0. The number of benzene rings is 4. The van der Waals surface area contributed by atoms with Crippen molar-refractivity contribution in [3.05, 3.63) is 80.4 Å². The van der Waals surface area contributed by atoms with Crippen LogP contribution in [0.5, 0.6) is 46.0 Å². The predicted octanol–water partition coefficient (Wildman–Crippen LogP) is 25.4. The summed E-state index contributed by atoms with van der Waals surface area (Å²) in [6.07, 6.45) is 0. The van der Waals surface area contributed by atoms with E-state index >= 15 is 0 Å². The second-order valence-corrected chi connectivity index (χ2v) is 46.3. The first-order valence-corrected chi connectivity index (χ1v) is 39.5. The molecule has 10 aliphatic rings. The second kappa shape index (κ2) is 20.0. The average Bonchev–Trinajstić information content (AvgIpc) is 1.20. The first kappa shape index (κ1) is 68.7. The standard InChI is InChI=1S/C50H56Cl16N4O12P4/c1-45(2,3)67-83(75-37-29(59)21(51)22(52)30(60)38(37)76-83)68(46(4,5)6)84(67,77-39-31(61)23(53)24(54)32(62)40(39)78-84)72-18-50(15,16)20-74-86(81-43-35(65)27(57)28(58)36(66)44(43)82-86)69(47(7,8)9)85(70(86)48(10,11)12,73-19-49(13,14)17-71-83)79-41-33(63)25(55)26(56)34(64)42(41)80-85/h17-20H2,1-16H3. The fourth-order valence-corrected chi connectivity index (χ4v) is 45.5. The van der Waals surface area contributed by atoms with Crippen LogP contribution in [0.3, 0.4) is 0 Å². The van der Waals surface area contributed by atoms with Gasteiger partial charge in [-0.15, -0.1) is 0 Å². The Kier molecular flexibility index (Phi) is 16.0. The van der Waals surface area contributed by atoms with Gasteiger partial charge in [0.1, 0.15) is 0 Å². The Labute approximate surface area is 578 Å². The molecule has 0 unspecified atom stereocenters. The molecule has 16 nitrogen and oxygen atoms in total. The van der Waals surface area contributed by atoms with Gasteiger partial charge in [-0.1, -0.05) is 0 Å². The van der Waals surface area contributed by atoms with Crippen molar-refractivity contribution in [1.29, 1.82) is 0 Å². The van der Waals surface area contributed by atoms with Crippen LogP contribution in [-0.2, 0) is 18.1 Å². The van der Waals surface area contributed by atoms with Gasteiger partial charge in [0.2, 0.25) is 0 Å². The third-order valence-electron chi connectivity index (χ3n) is 14.4. The van der Waals surface area contributed by atoms with Gasteiger partial charge in [-0.05, 0) is 0 Å². The third kappa shape index (κ3) is 8.62. The molecule has 86 heavy (non-hydrogen) atoms. The molecule has 4 bridgehead atoms. The van der Waals surface area contributed by atoms with Crippen LogP contribution >= 0.6 is 216 Å². The molecular weight excluding hydrogens is 1540 g/mol. The number of rotatable bonds is 0. The van der Waals surface area contributed by atoms with Gasteiger partial charge in [-0.3, -0.25) is 0 Å². The van der Waals surface area contributed by atoms with Crippen molar-refractivity contribution in [2.45, 2.75) is 133 Å². The quantitative estimate of drug-likeness (QED) is 0.0941. The molecule has 0 aromatic heterocycles. The first-order chi connectivity index (χ1) is 38.9. The van der Waals surface area contributed by atoms with E-state index < -0.39 is 63.3 Å². The minimum absolute atomic E-state index is 0.141. The van der Waals surface area contributed by atoms with Crippen molar-refractivity contribution in [2.24, 2.45) is 10.8 Å². The topological polar surface area (TPSA) is 124 Å². The molecule has 4 aromatic rings. The first-order valence-electron chi connectivity index (χ1n) is 25.9. The normalized spacial score (nSPS) is 26.1.